The summed E-state index contributed by atoms with van der Waals surface area (Å²) in [6.45, 7) is -0.336. The Bertz CT molecular complexity index is 1320. The number of nitrogens with one attached hydrogen (secondary N) is 2. The summed E-state index contributed by atoms with van der Waals surface area (Å²) >= 11 is 0. The Hall–Kier alpha value is -3.58. The maximum absolute atomic E-state index is 13.1. The van der Waals surface area contributed by atoms with E-state index in [1.807, 2.05) is 0 Å². The highest BCUT2D eigenvalue weighted by Gasteiger charge is 2.46. The summed E-state index contributed by atoms with van der Waals surface area (Å²) in [5, 5.41) is 13.9. The first-order valence-electron chi connectivity index (χ1n) is 12.3. The van der Waals surface area contributed by atoms with Crippen LogP contribution in [-0.4, -0.2) is 48.3 Å². The fourth-order valence-corrected chi connectivity index (χ4v) is 4.63. The maximum Gasteiger partial charge on any atom is 0.390 e. The molecule has 9 nitrogen and oxygen atoms in total. The molecule has 2 aliphatic rings. The third kappa shape index (κ3) is 6.45. The molecule has 2 amide bonds. The van der Waals surface area contributed by atoms with Gasteiger partial charge in [-0.1, -0.05) is 0 Å². The summed E-state index contributed by atoms with van der Waals surface area (Å²) in [4.78, 5) is 29.3. The second-order valence-corrected chi connectivity index (χ2v) is 10.1. The smallest absolute Gasteiger partial charge is 0.349 e. The molecule has 2 fully saturated rings. The van der Waals surface area contributed by atoms with Gasteiger partial charge in [0.05, 0.1) is 37.1 Å². The Labute approximate surface area is 213 Å². The monoisotopic (exact) mass is 539 g/mol. The fraction of sp³-hybridized carbons (Fsp3) is 0.542. The molecule has 0 bridgehead atoms. The number of halogens is 5. The molecule has 3 heterocycles. The Morgan fingerprint density at radius 1 is 1.21 bits per heavy atom. The van der Waals surface area contributed by atoms with E-state index in [1.54, 1.807) is 18.5 Å². The van der Waals surface area contributed by atoms with E-state index in [1.165, 1.54) is 16.8 Å². The Kier molecular flexibility index (Phi) is 6.82. The summed E-state index contributed by atoms with van der Waals surface area (Å²) < 4.78 is 65.9. The second kappa shape index (κ2) is 9.95. The molecule has 1 unspecified atom stereocenters. The standard InChI is InChI=1S/C24H26F5N7O2/c25-23(26)9-14(10-23)7-20(37)33-21(15-1-2-15)16-8-19-32-17(13-36(19)31-11-16)12-30-22(38)18-3-5-35(34-18)6-4-24(27,28)29/h3,5,8,11,13-15,21H,1-2,4,6-7,9-10,12H2,(H,30,38)(H,33,37). The fourth-order valence-electron chi connectivity index (χ4n) is 4.63. The van der Waals surface area contributed by atoms with Crippen LogP contribution >= 0.6 is 0 Å². The molecular formula is C24H26F5N7O2. The van der Waals surface area contributed by atoms with E-state index < -0.39 is 24.4 Å². The molecule has 0 spiro atoms. The van der Waals surface area contributed by atoms with Gasteiger partial charge in [-0.2, -0.15) is 23.4 Å². The normalized spacial score (nSPS) is 18.2. The second-order valence-electron chi connectivity index (χ2n) is 10.1. The number of aromatic nitrogens is 5. The van der Waals surface area contributed by atoms with Crippen LogP contribution in [0.25, 0.3) is 5.65 Å². The van der Waals surface area contributed by atoms with Crippen LogP contribution in [0.1, 0.15) is 66.3 Å². The lowest BCUT2D eigenvalue weighted by atomic mass is 9.79. The summed E-state index contributed by atoms with van der Waals surface area (Å²) in [5.41, 5.74) is 1.75. The van der Waals surface area contributed by atoms with Gasteiger partial charge in [0.1, 0.15) is 5.69 Å². The van der Waals surface area contributed by atoms with Gasteiger partial charge in [-0.05, 0) is 42.4 Å². The van der Waals surface area contributed by atoms with Crippen LogP contribution in [0.2, 0.25) is 0 Å². The highest BCUT2D eigenvalue weighted by Crippen LogP contribution is 2.45. The third-order valence-corrected chi connectivity index (χ3v) is 6.74. The number of imidazole rings is 1. The number of nitrogens with zero attached hydrogens (tertiary/aromatic N) is 5. The summed E-state index contributed by atoms with van der Waals surface area (Å²) in [6, 6.07) is 2.85. The lowest BCUT2D eigenvalue weighted by molar-refractivity contribution is -0.137. The minimum Gasteiger partial charge on any atom is -0.349 e. The van der Waals surface area contributed by atoms with E-state index >= 15 is 0 Å². The van der Waals surface area contributed by atoms with Gasteiger partial charge in [0.15, 0.2) is 5.65 Å². The molecule has 3 aromatic heterocycles. The van der Waals surface area contributed by atoms with E-state index in [9.17, 15) is 31.5 Å². The number of hydrogen-bond acceptors (Lipinski definition) is 5. The molecule has 204 valence electrons. The number of hydrogen-bond donors (Lipinski definition) is 2. The first kappa shape index (κ1) is 26.0. The molecule has 2 N–H and O–H groups in total. The summed E-state index contributed by atoms with van der Waals surface area (Å²) in [7, 11) is 0. The number of alkyl halides is 5. The summed E-state index contributed by atoms with van der Waals surface area (Å²) in [6.07, 6.45) is 0.655. The van der Waals surface area contributed by atoms with Crippen molar-refractivity contribution in [2.75, 3.05) is 0 Å². The number of carbonyl (C=O) groups is 2. The molecular weight excluding hydrogens is 513 g/mol. The zero-order valence-electron chi connectivity index (χ0n) is 20.2. The number of carbonyl (C=O) groups excluding carboxylic acids is 2. The van der Waals surface area contributed by atoms with E-state index in [0.29, 0.717) is 11.3 Å². The highest BCUT2D eigenvalue weighted by atomic mass is 19.4. The molecule has 3 aromatic rings. The van der Waals surface area contributed by atoms with Crippen molar-refractivity contribution in [3.63, 3.8) is 0 Å². The van der Waals surface area contributed by atoms with E-state index in [2.05, 4.69) is 25.8 Å². The van der Waals surface area contributed by atoms with Crippen molar-refractivity contribution in [2.24, 2.45) is 11.8 Å². The minimum atomic E-state index is -4.31. The van der Waals surface area contributed by atoms with Crippen LogP contribution in [0.15, 0.2) is 30.7 Å². The average molecular weight is 540 g/mol. The number of aryl methyl sites for hydroxylation is 1. The lowest BCUT2D eigenvalue weighted by Crippen LogP contribution is -2.39. The quantitative estimate of drug-likeness (QED) is 0.381. The molecule has 0 aromatic carbocycles. The molecule has 2 aliphatic carbocycles. The molecule has 1 atom stereocenters. The van der Waals surface area contributed by atoms with Gasteiger partial charge in [-0.25, -0.2) is 18.3 Å². The van der Waals surface area contributed by atoms with Gasteiger partial charge in [0.2, 0.25) is 11.8 Å². The van der Waals surface area contributed by atoms with Crippen LogP contribution in [0.4, 0.5) is 22.0 Å². The molecule has 0 radical (unpaired) electrons. The van der Waals surface area contributed by atoms with Crippen molar-refractivity contribution in [1.29, 1.82) is 0 Å². The molecule has 2 saturated carbocycles. The summed E-state index contributed by atoms with van der Waals surface area (Å²) in [5.74, 6) is -3.52. The highest BCUT2D eigenvalue weighted by molar-refractivity contribution is 5.92. The molecule has 5 rings (SSSR count). The predicted octanol–water partition coefficient (Wildman–Crippen LogP) is 3.81. The van der Waals surface area contributed by atoms with Crippen LogP contribution in [0, 0.1) is 11.8 Å². The number of amides is 2. The lowest BCUT2D eigenvalue weighted by Gasteiger charge is -2.34. The molecule has 14 heteroatoms. The van der Waals surface area contributed by atoms with E-state index in [0.717, 1.165) is 23.1 Å². The number of fused-ring (bicyclic) bond motifs is 1. The SMILES string of the molecule is O=C(CC1CC(F)(F)C1)NC(c1cnn2cc(CNC(=O)c3ccn(CCC(F)(F)F)n3)nc2c1)C1CC1. The van der Waals surface area contributed by atoms with Gasteiger partial charge >= 0.3 is 6.18 Å². The number of rotatable bonds is 10. The van der Waals surface area contributed by atoms with Gasteiger partial charge < -0.3 is 10.6 Å². The van der Waals surface area contributed by atoms with Crippen molar-refractivity contribution in [1.82, 2.24) is 35.0 Å². The van der Waals surface area contributed by atoms with Crippen LogP contribution in [-0.2, 0) is 17.9 Å². The largest absolute Gasteiger partial charge is 0.390 e. The van der Waals surface area contributed by atoms with Crippen LogP contribution in [0.3, 0.4) is 0 Å². The third-order valence-electron chi connectivity index (χ3n) is 6.74. The van der Waals surface area contributed by atoms with Crippen molar-refractivity contribution in [3.8, 4) is 0 Å². The van der Waals surface area contributed by atoms with Gasteiger partial charge in [-0.15, -0.1) is 0 Å². The van der Waals surface area contributed by atoms with Gasteiger partial charge in [0, 0.05) is 32.0 Å². The van der Waals surface area contributed by atoms with Crippen molar-refractivity contribution in [3.05, 3.63) is 47.7 Å². The molecule has 38 heavy (non-hydrogen) atoms. The van der Waals surface area contributed by atoms with Crippen molar-refractivity contribution >= 4 is 17.5 Å². The van der Waals surface area contributed by atoms with E-state index in [4.69, 9.17) is 0 Å². The van der Waals surface area contributed by atoms with E-state index in [-0.39, 0.29) is 61.8 Å². The van der Waals surface area contributed by atoms with Gasteiger partial charge in [0.25, 0.3) is 5.91 Å². The topological polar surface area (TPSA) is 106 Å². The first-order valence-corrected chi connectivity index (χ1v) is 12.3. The molecule has 0 saturated heterocycles. The van der Waals surface area contributed by atoms with Crippen LogP contribution < -0.4 is 10.6 Å². The maximum atomic E-state index is 13.1. The first-order chi connectivity index (χ1) is 17.9. The van der Waals surface area contributed by atoms with Gasteiger partial charge in [-0.3, -0.25) is 14.3 Å². The molecule has 0 aliphatic heterocycles. The zero-order valence-corrected chi connectivity index (χ0v) is 20.2. The Morgan fingerprint density at radius 3 is 2.66 bits per heavy atom. The Morgan fingerprint density at radius 2 is 1.97 bits per heavy atom. The van der Waals surface area contributed by atoms with Crippen molar-refractivity contribution < 1.29 is 31.5 Å². The van der Waals surface area contributed by atoms with Crippen molar-refractivity contribution in [2.45, 2.75) is 69.8 Å². The average Bonchev–Trinajstić information content (AvgIpc) is 3.40. The zero-order chi connectivity index (χ0) is 27.1. The minimum absolute atomic E-state index is 0.00927. The predicted molar refractivity (Wildman–Crippen MR) is 123 cm³/mol. The van der Waals surface area contributed by atoms with Crippen LogP contribution in [0.5, 0.6) is 0 Å². The Balaban J connectivity index is 1.18.